The number of hydrogen-bond donors (Lipinski definition) is 1. The summed E-state index contributed by atoms with van der Waals surface area (Å²) >= 11 is 0. The molecule has 4 heterocycles. The minimum absolute atomic E-state index is 0.0792. The van der Waals surface area contributed by atoms with Crippen LogP contribution in [0.2, 0.25) is 0 Å². The lowest BCUT2D eigenvalue weighted by atomic mass is 9.73. The molecule has 3 saturated heterocycles. The van der Waals surface area contributed by atoms with Gasteiger partial charge in [0, 0.05) is 23.7 Å². The van der Waals surface area contributed by atoms with Gasteiger partial charge in [-0.2, -0.15) is 0 Å². The number of carbonyl (C=O) groups is 1. The number of ether oxygens (including phenoxy) is 1. The van der Waals surface area contributed by atoms with E-state index in [-0.39, 0.29) is 17.8 Å². The molecule has 0 radical (unpaired) electrons. The Morgan fingerprint density at radius 1 is 1.23 bits per heavy atom. The Morgan fingerprint density at radius 2 is 2.06 bits per heavy atom. The Bertz CT molecular complexity index is 1110. The number of hydrogen-bond acceptors (Lipinski definition) is 5. The van der Waals surface area contributed by atoms with E-state index in [4.69, 9.17) is 4.74 Å². The average molecular weight is 415 g/mol. The molecule has 3 aromatic rings. The predicted octanol–water partition coefficient (Wildman–Crippen LogP) is 4.73. The van der Waals surface area contributed by atoms with E-state index >= 15 is 0 Å². The summed E-state index contributed by atoms with van der Waals surface area (Å²) in [5, 5.41) is 10.9. The van der Waals surface area contributed by atoms with E-state index in [0.29, 0.717) is 17.4 Å². The number of rotatable bonds is 5. The summed E-state index contributed by atoms with van der Waals surface area (Å²) in [6.45, 7) is 5.95. The summed E-state index contributed by atoms with van der Waals surface area (Å²) in [5.41, 5.74) is 2.20. The Labute approximate surface area is 182 Å². The van der Waals surface area contributed by atoms with Crippen LogP contribution in [0, 0.1) is 11.8 Å². The first-order valence-corrected chi connectivity index (χ1v) is 10.8. The fraction of sp³-hybridized carbons (Fsp3) is 0.308. The zero-order valence-corrected chi connectivity index (χ0v) is 17.4. The molecular formula is C26H26N2O3. The molecule has 0 spiro atoms. The van der Waals surface area contributed by atoms with Crippen molar-refractivity contribution in [2.45, 2.75) is 25.0 Å². The molecule has 5 nitrogen and oxygen atoms in total. The number of benzene rings is 2. The normalized spacial score (nSPS) is 25.8. The number of aromatic hydroxyl groups is 1. The molecule has 1 unspecified atom stereocenters. The van der Waals surface area contributed by atoms with Gasteiger partial charge in [0.15, 0.2) is 0 Å². The van der Waals surface area contributed by atoms with Crippen molar-refractivity contribution >= 4 is 16.9 Å². The van der Waals surface area contributed by atoms with Crippen molar-refractivity contribution in [1.29, 1.82) is 0 Å². The first-order chi connectivity index (χ1) is 15.1. The van der Waals surface area contributed by atoms with Crippen LogP contribution in [0.4, 0.5) is 0 Å². The number of phenolic OH excluding ortho intramolecular Hbond substituents is 1. The first kappa shape index (κ1) is 19.8. The maximum Gasteiger partial charge on any atom is 0.338 e. The second-order valence-corrected chi connectivity index (χ2v) is 8.54. The summed E-state index contributed by atoms with van der Waals surface area (Å²) in [7, 11) is 0. The van der Waals surface area contributed by atoms with Crippen LogP contribution in [0.25, 0.3) is 10.9 Å². The second kappa shape index (κ2) is 8.16. The van der Waals surface area contributed by atoms with Crippen LogP contribution in [0.15, 0.2) is 73.4 Å². The van der Waals surface area contributed by atoms with Crippen LogP contribution < -0.4 is 0 Å². The van der Waals surface area contributed by atoms with Crippen LogP contribution >= 0.6 is 0 Å². The number of phenols is 1. The SMILES string of the molecule is C=C[C@H]1CN2CC[C@H]1C[C@@H]2[C@@H](OC(=O)c1ccccc1)c1ccnc2ccc(O)cc12. The summed E-state index contributed by atoms with van der Waals surface area (Å²) in [6, 6.07) is 16.2. The van der Waals surface area contributed by atoms with Crippen molar-refractivity contribution in [3.63, 3.8) is 0 Å². The van der Waals surface area contributed by atoms with Gasteiger partial charge in [-0.05, 0) is 67.6 Å². The van der Waals surface area contributed by atoms with Crippen LogP contribution in [-0.4, -0.2) is 40.1 Å². The fourth-order valence-electron chi connectivity index (χ4n) is 5.20. The maximum atomic E-state index is 13.1. The highest BCUT2D eigenvalue weighted by molar-refractivity contribution is 5.90. The quantitative estimate of drug-likeness (QED) is 0.483. The second-order valence-electron chi connectivity index (χ2n) is 8.54. The van der Waals surface area contributed by atoms with E-state index in [1.165, 1.54) is 0 Å². The lowest BCUT2D eigenvalue weighted by molar-refractivity contribution is -0.0568. The zero-order valence-electron chi connectivity index (χ0n) is 17.4. The highest BCUT2D eigenvalue weighted by Gasteiger charge is 2.44. The number of pyridine rings is 1. The molecule has 0 amide bonds. The van der Waals surface area contributed by atoms with E-state index < -0.39 is 6.10 Å². The first-order valence-electron chi connectivity index (χ1n) is 10.8. The molecular weight excluding hydrogens is 388 g/mol. The van der Waals surface area contributed by atoms with Crippen molar-refractivity contribution in [2.75, 3.05) is 13.1 Å². The predicted molar refractivity (Wildman–Crippen MR) is 120 cm³/mol. The largest absolute Gasteiger partial charge is 0.508 e. The molecule has 2 aromatic carbocycles. The van der Waals surface area contributed by atoms with Crippen molar-refractivity contribution in [2.24, 2.45) is 11.8 Å². The molecule has 3 aliphatic rings. The fourth-order valence-corrected chi connectivity index (χ4v) is 5.20. The monoisotopic (exact) mass is 414 g/mol. The van der Waals surface area contributed by atoms with Gasteiger partial charge in [-0.25, -0.2) is 4.79 Å². The van der Waals surface area contributed by atoms with E-state index in [1.54, 1.807) is 36.5 Å². The minimum atomic E-state index is -0.450. The molecule has 1 aromatic heterocycles. The maximum absolute atomic E-state index is 13.1. The lowest BCUT2D eigenvalue weighted by Crippen LogP contribution is -2.55. The highest BCUT2D eigenvalue weighted by Crippen LogP contribution is 2.43. The molecule has 2 bridgehead atoms. The molecule has 31 heavy (non-hydrogen) atoms. The molecule has 5 heteroatoms. The molecule has 3 aliphatic heterocycles. The molecule has 5 atom stereocenters. The van der Waals surface area contributed by atoms with Crippen LogP contribution in [0.1, 0.15) is 34.9 Å². The summed E-state index contributed by atoms with van der Waals surface area (Å²) in [5.74, 6) is 0.867. The smallest absolute Gasteiger partial charge is 0.338 e. The van der Waals surface area contributed by atoms with E-state index in [2.05, 4.69) is 22.5 Å². The van der Waals surface area contributed by atoms with Crippen molar-refractivity contribution < 1.29 is 14.6 Å². The summed E-state index contributed by atoms with van der Waals surface area (Å²) in [4.78, 5) is 20.0. The van der Waals surface area contributed by atoms with Crippen molar-refractivity contribution in [3.05, 3.63) is 84.6 Å². The standard InChI is InChI=1S/C26H26N2O3/c1-2-17-16-28-13-11-19(17)14-24(28)25(31-26(30)18-6-4-3-5-7-18)21-10-12-27-23-9-8-20(29)15-22(21)23/h2-10,12,15,17,19,24-25,29H,1,11,13-14,16H2/t17-,19-,24+,25-/m0/s1. The van der Waals surface area contributed by atoms with Gasteiger partial charge in [-0.1, -0.05) is 24.3 Å². The van der Waals surface area contributed by atoms with Gasteiger partial charge in [-0.3, -0.25) is 9.88 Å². The van der Waals surface area contributed by atoms with Crippen molar-refractivity contribution in [1.82, 2.24) is 9.88 Å². The van der Waals surface area contributed by atoms with Gasteiger partial charge in [0.2, 0.25) is 0 Å². The van der Waals surface area contributed by atoms with Gasteiger partial charge in [0.25, 0.3) is 0 Å². The zero-order chi connectivity index (χ0) is 21.4. The molecule has 0 aliphatic carbocycles. The van der Waals surface area contributed by atoms with Crippen LogP contribution in [0.5, 0.6) is 5.75 Å². The third kappa shape index (κ3) is 3.70. The number of nitrogens with zero attached hydrogens (tertiary/aromatic N) is 2. The number of piperidine rings is 3. The van der Waals surface area contributed by atoms with Gasteiger partial charge < -0.3 is 9.84 Å². The van der Waals surface area contributed by atoms with E-state index in [0.717, 1.165) is 42.4 Å². The summed E-state index contributed by atoms with van der Waals surface area (Å²) < 4.78 is 6.22. The van der Waals surface area contributed by atoms with Gasteiger partial charge in [0.1, 0.15) is 11.9 Å². The summed E-state index contributed by atoms with van der Waals surface area (Å²) in [6.07, 6.45) is 5.46. The lowest BCUT2D eigenvalue weighted by Gasteiger charge is -2.51. The van der Waals surface area contributed by atoms with Gasteiger partial charge >= 0.3 is 5.97 Å². The average Bonchev–Trinajstić information content (AvgIpc) is 2.83. The third-order valence-electron chi connectivity index (χ3n) is 6.81. The van der Waals surface area contributed by atoms with Gasteiger partial charge in [0.05, 0.1) is 17.1 Å². The number of aromatic nitrogens is 1. The van der Waals surface area contributed by atoms with Crippen LogP contribution in [0.3, 0.4) is 0 Å². The molecule has 1 N–H and O–H groups in total. The number of carbonyl (C=O) groups excluding carboxylic acids is 1. The van der Waals surface area contributed by atoms with Gasteiger partial charge in [-0.15, -0.1) is 6.58 Å². The Morgan fingerprint density at radius 3 is 2.81 bits per heavy atom. The molecule has 3 fully saturated rings. The molecule has 158 valence electrons. The van der Waals surface area contributed by atoms with E-state index in [9.17, 15) is 9.90 Å². The van der Waals surface area contributed by atoms with E-state index in [1.807, 2.05) is 24.3 Å². The topological polar surface area (TPSA) is 62.7 Å². The molecule has 6 rings (SSSR count). The molecule has 0 saturated carbocycles. The number of esters is 1. The van der Waals surface area contributed by atoms with Crippen LogP contribution in [-0.2, 0) is 4.74 Å². The third-order valence-corrected chi connectivity index (χ3v) is 6.81. The van der Waals surface area contributed by atoms with Crippen molar-refractivity contribution in [3.8, 4) is 5.75 Å². The minimum Gasteiger partial charge on any atom is -0.508 e. The highest BCUT2D eigenvalue weighted by atomic mass is 16.5. The number of fused-ring (bicyclic) bond motifs is 4. The Balaban J connectivity index is 1.56. The Kier molecular flexibility index (Phi) is 5.20. The Hall–Kier alpha value is -3.18.